The normalized spacial score (nSPS) is 16.8. The molecular formula is C19H19N7O2. The Morgan fingerprint density at radius 3 is 3.00 bits per heavy atom. The molecule has 5 heterocycles. The average Bonchev–Trinajstić information content (AvgIpc) is 3.44. The molecule has 1 amide bonds. The van der Waals surface area contributed by atoms with E-state index < -0.39 is 5.91 Å². The predicted octanol–water partition coefficient (Wildman–Crippen LogP) is 1.85. The molecule has 4 aromatic rings. The van der Waals surface area contributed by atoms with Crippen LogP contribution in [0.4, 0.5) is 5.69 Å². The van der Waals surface area contributed by atoms with E-state index in [-0.39, 0.29) is 11.7 Å². The molecule has 9 heteroatoms. The molecule has 0 aromatic carbocycles. The Balaban J connectivity index is 1.77. The monoisotopic (exact) mass is 377 g/mol. The zero-order chi connectivity index (χ0) is 19.3. The first-order valence-electron chi connectivity index (χ1n) is 9.07. The third-order valence-corrected chi connectivity index (χ3v) is 5.15. The Morgan fingerprint density at radius 1 is 1.36 bits per heavy atom. The number of fused-ring (bicyclic) bond motifs is 2. The van der Waals surface area contributed by atoms with Crippen LogP contribution in [0.1, 0.15) is 23.0 Å². The number of ether oxygens (including phenoxy) is 1. The summed E-state index contributed by atoms with van der Waals surface area (Å²) in [6.45, 7) is 1.42. The number of hydrogen-bond donors (Lipinski definition) is 2. The minimum atomic E-state index is -0.577. The van der Waals surface area contributed by atoms with E-state index in [0.29, 0.717) is 17.9 Å². The van der Waals surface area contributed by atoms with Crippen molar-refractivity contribution in [2.24, 2.45) is 5.73 Å². The second-order valence-corrected chi connectivity index (χ2v) is 6.78. The number of imidazole rings is 1. The highest BCUT2D eigenvalue weighted by atomic mass is 16.5. The lowest BCUT2D eigenvalue weighted by atomic mass is 10.1. The van der Waals surface area contributed by atoms with Crippen molar-refractivity contribution in [3.8, 4) is 11.3 Å². The van der Waals surface area contributed by atoms with Gasteiger partial charge in [0.05, 0.1) is 30.2 Å². The van der Waals surface area contributed by atoms with Gasteiger partial charge < -0.3 is 20.4 Å². The van der Waals surface area contributed by atoms with Crippen LogP contribution in [0.15, 0.2) is 36.8 Å². The maximum atomic E-state index is 11.8. The van der Waals surface area contributed by atoms with E-state index in [4.69, 9.17) is 10.5 Å². The van der Waals surface area contributed by atoms with E-state index in [1.165, 1.54) is 10.7 Å². The lowest BCUT2D eigenvalue weighted by Gasteiger charge is -2.10. The highest BCUT2D eigenvalue weighted by molar-refractivity contribution is 5.95. The van der Waals surface area contributed by atoms with Gasteiger partial charge in [0.2, 0.25) is 0 Å². The number of nitrogens with two attached hydrogens (primary N) is 1. The maximum Gasteiger partial charge on any atom is 0.269 e. The zero-order valence-corrected chi connectivity index (χ0v) is 15.3. The molecule has 1 aliphatic rings. The number of pyridine rings is 1. The van der Waals surface area contributed by atoms with Gasteiger partial charge in [-0.1, -0.05) is 0 Å². The number of aromatic nitrogens is 5. The number of carbonyl (C=O) groups is 1. The van der Waals surface area contributed by atoms with Gasteiger partial charge in [-0.15, -0.1) is 0 Å². The zero-order valence-electron chi connectivity index (χ0n) is 15.3. The molecule has 142 valence electrons. The molecule has 0 saturated carbocycles. The van der Waals surface area contributed by atoms with Crippen molar-refractivity contribution in [2.75, 3.05) is 25.6 Å². The molecule has 28 heavy (non-hydrogen) atoms. The summed E-state index contributed by atoms with van der Waals surface area (Å²) in [5.74, 6) is -0.577. The predicted molar refractivity (Wildman–Crippen MR) is 104 cm³/mol. The number of anilines is 1. The molecule has 1 atom stereocenters. The minimum Gasteiger partial charge on any atom is -0.385 e. The Morgan fingerprint density at radius 2 is 2.25 bits per heavy atom. The number of hydrogen-bond acceptors (Lipinski definition) is 6. The third-order valence-electron chi connectivity index (χ3n) is 5.15. The number of amides is 1. The second-order valence-electron chi connectivity index (χ2n) is 6.78. The SMILES string of the molecule is CNc1cc(-c2cn(C3CCOC3)c3ncccc23)nn2c(C(N)=O)cnc12. The van der Waals surface area contributed by atoms with Crippen LogP contribution in [0.3, 0.4) is 0 Å². The molecule has 3 N–H and O–H groups in total. The van der Waals surface area contributed by atoms with Crippen LogP contribution in [0.2, 0.25) is 0 Å². The number of nitrogens with zero attached hydrogens (tertiary/aromatic N) is 5. The van der Waals surface area contributed by atoms with Crippen LogP contribution in [-0.4, -0.2) is 50.3 Å². The van der Waals surface area contributed by atoms with Crippen LogP contribution in [0.5, 0.6) is 0 Å². The van der Waals surface area contributed by atoms with Gasteiger partial charge in [0, 0.05) is 37.0 Å². The maximum absolute atomic E-state index is 11.8. The van der Waals surface area contributed by atoms with Gasteiger partial charge in [0.1, 0.15) is 11.3 Å². The Kier molecular flexibility index (Phi) is 3.76. The van der Waals surface area contributed by atoms with Crippen molar-refractivity contribution in [1.82, 2.24) is 24.1 Å². The van der Waals surface area contributed by atoms with E-state index in [2.05, 4.69) is 31.1 Å². The summed E-state index contributed by atoms with van der Waals surface area (Å²) < 4.78 is 9.21. The lowest BCUT2D eigenvalue weighted by Crippen LogP contribution is -2.15. The highest BCUT2D eigenvalue weighted by Gasteiger charge is 2.23. The molecule has 1 unspecified atom stereocenters. The third kappa shape index (κ3) is 2.43. The Hall–Kier alpha value is -3.46. The summed E-state index contributed by atoms with van der Waals surface area (Å²) in [7, 11) is 1.80. The molecule has 0 spiro atoms. The van der Waals surface area contributed by atoms with Crippen LogP contribution in [0, 0.1) is 0 Å². The largest absolute Gasteiger partial charge is 0.385 e. The molecule has 1 aliphatic heterocycles. The van der Waals surface area contributed by atoms with Crippen LogP contribution in [0.25, 0.3) is 27.9 Å². The molecule has 1 saturated heterocycles. The van der Waals surface area contributed by atoms with E-state index in [1.807, 2.05) is 18.2 Å². The van der Waals surface area contributed by atoms with E-state index in [9.17, 15) is 4.79 Å². The number of nitrogens with one attached hydrogen (secondary N) is 1. The van der Waals surface area contributed by atoms with Crippen molar-refractivity contribution in [3.63, 3.8) is 0 Å². The van der Waals surface area contributed by atoms with Crippen molar-refractivity contribution in [2.45, 2.75) is 12.5 Å². The van der Waals surface area contributed by atoms with Gasteiger partial charge in [-0.25, -0.2) is 14.5 Å². The molecule has 0 radical (unpaired) electrons. The van der Waals surface area contributed by atoms with E-state index in [0.717, 1.165) is 35.3 Å². The fourth-order valence-electron chi connectivity index (χ4n) is 3.76. The summed E-state index contributed by atoms with van der Waals surface area (Å²) in [5.41, 5.74) is 9.55. The molecule has 1 fully saturated rings. The fourth-order valence-corrected chi connectivity index (χ4v) is 3.76. The molecule has 4 aromatic heterocycles. The Bertz CT molecular complexity index is 1200. The lowest BCUT2D eigenvalue weighted by molar-refractivity contribution is 0.0993. The summed E-state index contributed by atoms with van der Waals surface area (Å²) in [5, 5.41) is 8.78. The van der Waals surface area contributed by atoms with Crippen molar-refractivity contribution in [1.29, 1.82) is 0 Å². The van der Waals surface area contributed by atoms with E-state index >= 15 is 0 Å². The Labute approximate surface area is 160 Å². The first-order chi connectivity index (χ1) is 13.7. The summed E-state index contributed by atoms with van der Waals surface area (Å²) in [4.78, 5) is 20.6. The van der Waals surface area contributed by atoms with Crippen molar-refractivity contribution >= 4 is 28.3 Å². The molecule has 5 rings (SSSR count). The first-order valence-corrected chi connectivity index (χ1v) is 9.07. The van der Waals surface area contributed by atoms with Gasteiger partial charge in [-0.2, -0.15) is 5.10 Å². The second kappa shape index (κ2) is 6.31. The molecular weight excluding hydrogens is 358 g/mol. The standard InChI is InChI=1S/C19H19N7O2/c1-21-15-7-14(24-26-16(17(20)27)8-23-19(15)26)13-9-25(11-4-6-28-10-11)18-12(13)3-2-5-22-18/h2-3,5,7-9,11,21H,4,6,10H2,1H3,(H2,20,27). The highest BCUT2D eigenvalue weighted by Crippen LogP contribution is 2.34. The molecule has 0 aliphatic carbocycles. The fraction of sp³-hybridized carbons (Fsp3) is 0.263. The van der Waals surface area contributed by atoms with Gasteiger partial charge in [-0.3, -0.25) is 4.79 Å². The van der Waals surface area contributed by atoms with Crippen LogP contribution >= 0.6 is 0 Å². The van der Waals surface area contributed by atoms with Crippen molar-refractivity contribution in [3.05, 3.63) is 42.5 Å². The van der Waals surface area contributed by atoms with Crippen LogP contribution in [-0.2, 0) is 4.74 Å². The number of rotatable bonds is 4. The molecule has 0 bridgehead atoms. The average molecular weight is 377 g/mol. The van der Waals surface area contributed by atoms with Crippen LogP contribution < -0.4 is 11.1 Å². The number of primary amides is 1. The number of carbonyl (C=O) groups excluding carboxylic acids is 1. The summed E-state index contributed by atoms with van der Waals surface area (Å²) in [6, 6.07) is 6.10. The molecule has 9 nitrogen and oxygen atoms in total. The van der Waals surface area contributed by atoms with Crippen molar-refractivity contribution < 1.29 is 9.53 Å². The van der Waals surface area contributed by atoms with Gasteiger partial charge in [-0.05, 0) is 24.6 Å². The van der Waals surface area contributed by atoms with Gasteiger partial charge in [0.15, 0.2) is 5.65 Å². The summed E-state index contributed by atoms with van der Waals surface area (Å²) in [6.07, 6.45) is 6.23. The van der Waals surface area contributed by atoms with Gasteiger partial charge in [0.25, 0.3) is 5.91 Å². The van der Waals surface area contributed by atoms with E-state index in [1.54, 1.807) is 13.2 Å². The first kappa shape index (κ1) is 16.7. The minimum absolute atomic E-state index is 0.236. The smallest absolute Gasteiger partial charge is 0.269 e. The van der Waals surface area contributed by atoms with Gasteiger partial charge >= 0.3 is 0 Å². The summed E-state index contributed by atoms with van der Waals surface area (Å²) >= 11 is 0. The quantitative estimate of drug-likeness (QED) is 0.561. The topological polar surface area (TPSA) is 112 Å².